The van der Waals surface area contributed by atoms with Crippen molar-refractivity contribution in [3.05, 3.63) is 45.5 Å². The smallest absolute Gasteiger partial charge is 0.353 e. The number of hydrogen-bond donors (Lipinski definition) is 1. The molecule has 178 valence electrons. The number of thioether (sulfide) groups is 1. The number of nitrogen functional groups attached to an aromatic ring is 1. The van der Waals surface area contributed by atoms with Gasteiger partial charge in [0.05, 0.1) is 11.5 Å². The second-order valence-electron chi connectivity index (χ2n) is 7.88. The summed E-state index contributed by atoms with van der Waals surface area (Å²) < 4.78 is 5.19. The highest BCUT2D eigenvalue weighted by Gasteiger charge is 2.33. The highest BCUT2D eigenvalue weighted by Crippen LogP contribution is 2.35. The third kappa shape index (κ3) is 6.11. The lowest BCUT2D eigenvalue weighted by Crippen LogP contribution is -2.41. The molecular weight excluding hydrogens is 444 g/mol. The fourth-order valence-corrected chi connectivity index (χ4v) is 4.20. The van der Waals surface area contributed by atoms with Gasteiger partial charge >= 0.3 is 11.7 Å². The van der Waals surface area contributed by atoms with E-state index < -0.39 is 22.6 Å². The van der Waals surface area contributed by atoms with Crippen LogP contribution < -0.4 is 10.6 Å². The molecule has 0 spiro atoms. The van der Waals surface area contributed by atoms with E-state index in [2.05, 4.69) is 27.0 Å². The molecule has 1 aromatic heterocycles. The van der Waals surface area contributed by atoms with E-state index in [4.69, 9.17) is 10.5 Å². The Kier molecular flexibility index (Phi) is 8.45. The van der Waals surface area contributed by atoms with Crippen molar-refractivity contribution in [2.24, 2.45) is 0 Å². The van der Waals surface area contributed by atoms with Crippen molar-refractivity contribution in [3.63, 3.8) is 0 Å². The van der Waals surface area contributed by atoms with Gasteiger partial charge < -0.3 is 15.4 Å². The lowest BCUT2D eigenvalue weighted by atomic mass is 10.1. The van der Waals surface area contributed by atoms with Gasteiger partial charge in [-0.25, -0.2) is 4.79 Å². The van der Waals surface area contributed by atoms with Crippen LogP contribution in [0.15, 0.2) is 29.4 Å². The summed E-state index contributed by atoms with van der Waals surface area (Å²) in [5.41, 5.74) is 7.57. The number of likely N-dealkylation sites (tertiary alicyclic amines) is 1. The van der Waals surface area contributed by atoms with Crippen LogP contribution >= 0.6 is 11.8 Å². The molecule has 1 aromatic carbocycles. The number of nitrogens with zero attached hydrogens (tertiary/aromatic N) is 5. The zero-order valence-corrected chi connectivity index (χ0v) is 20.0. The Balaban J connectivity index is 1.95. The predicted octanol–water partition coefficient (Wildman–Crippen LogP) is 3.24. The maximum atomic E-state index is 12.6. The third-order valence-corrected chi connectivity index (χ3v) is 6.13. The SMILES string of the molecule is CCOC(=O)C(C)N(Cc1ccc(CN2CCCC2)cc1)c1nc(SC)nc(N)c1[N+](=O)[O-]. The number of carbonyl (C=O) groups is 1. The highest BCUT2D eigenvalue weighted by molar-refractivity contribution is 7.98. The number of rotatable bonds is 10. The minimum atomic E-state index is -0.822. The molecule has 0 aliphatic carbocycles. The Morgan fingerprint density at radius 2 is 1.91 bits per heavy atom. The van der Waals surface area contributed by atoms with E-state index in [-0.39, 0.29) is 29.9 Å². The molecule has 0 amide bonds. The lowest BCUT2D eigenvalue weighted by molar-refractivity contribution is -0.383. The number of carbonyl (C=O) groups excluding carboxylic acids is 1. The molecule has 1 aliphatic rings. The molecule has 0 bridgehead atoms. The Morgan fingerprint density at radius 1 is 1.27 bits per heavy atom. The van der Waals surface area contributed by atoms with Crippen LogP contribution in [0.1, 0.15) is 37.8 Å². The van der Waals surface area contributed by atoms with Crippen LogP contribution in [-0.4, -0.2) is 57.8 Å². The molecule has 1 fully saturated rings. The minimum absolute atomic E-state index is 0.00135. The van der Waals surface area contributed by atoms with Gasteiger partial charge in [0.25, 0.3) is 0 Å². The average Bonchev–Trinajstić information content (AvgIpc) is 3.30. The molecule has 11 heteroatoms. The van der Waals surface area contributed by atoms with Gasteiger partial charge in [0, 0.05) is 13.1 Å². The molecule has 0 saturated carbocycles. The third-order valence-electron chi connectivity index (χ3n) is 5.59. The molecule has 3 rings (SSSR count). The predicted molar refractivity (Wildman–Crippen MR) is 128 cm³/mol. The van der Waals surface area contributed by atoms with Crippen LogP contribution in [0.25, 0.3) is 0 Å². The largest absolute Gasteiger partial charge is 0.464 e. The Bertz CT molecular complexity index is 982. The number of esters is 1. The van der Waals surface area contributed by atoms with Crippen molar-refractivity contribution in [1.82, 2.24) is 14.9 Å². The summed E-state index contributed by atoms with van der Waals surface area (Å²) in [6, 6.07) is 7.23. The van der Waals surface area contributed by atoms with E-state index >= 15 is 0 Å². The molecule has 10 nitrogen and oxygen atoms in total. The average molecular weight is 475 g/mol. The minimum Gasteiger partial charge on any atom is -0.464 e. The molecule has 1 aliphatic heterocycles. The highest BCUT2D eigenvalue weighted by atomic mass is 32.2. The molecule has 1 saturated heterocycles. The summed E-state index contributed by atoms with van der Waals surface area (Å²) in [7, 11) is 0. The summed E-state index contributed by atoms with van der Waals surface area (Å²) in [4.78, 5) is 36.1. The molecule has 0 radical (unpaired) electrons. The molecule has 1 unspecified atom stereocenters. The van der Waals surface area contributed by atoms with Gasteiger partial charge in [-0.05, 0) is 57.2 Å². The monoisotopic (exact) mass is 474 g/mol. The van der Waals surface area contributed by atoms with Crippen LogP contribution in [-0.2, 0) is 22.6 Å². The van der Waals surface area contributed by atoms with Crippen LogP contribution in [0.4, 0.5) is 17.3 Å². The van der Waals surface area contributed by atoms with Crippen LogP contribution in [0.2, 0.25) is 0 Å². The quantitative estimate of drug-likeness (QED) is 0.180. The number of ether oxygens (including phenoxy) is 1. The van der Waals surface area contributed by atoms with Crippen molar-refractivity contribution in [2.75, 3.05) is 36.6 Å². The summed E-state index contributed by atoms with van der Waals surface area (Å²) >= 11 is 1.22. The van der Waals surface area contributed by atoms with Gasteiger partial charge in [0.2, 0.25) is 11.6 Å². The van der Waals surface area contributed by atoms with Crippen LogP contribution in [0.3, 0.4) is 0 Å². The number of aromatic nitrogens is 2. The van der Waals surface area contributed by atoms with Gasteiger partial charge in [-0.3, -0.25) is 15.0 Å². The molecular formula is C22H30N6O4S. The summed E-state index contributed by atoms with van der Waals surface area (Å²) in [5, 5.41) is 12.1. The van der Waals surface area contributed by atoms with E-state index in [0.717, 1.165) is 25.2 Å². The van der Waals surface area contributed by atoms with Crippen molar-refractivity contribution in [3.8, 4) is 0 Å². The fraction of sp³-hybridized carbons (Fsp3) is 0.500. The second kappa shape index (κ2) is 11.3. The number of nitro groups is 1. The van der Waals surface area contributed by atoms with Gasteiger partial charge in [0.15, 0.2) is 5.16 Å². The number of nitrogens with two attached hydrogens (primary N) is 1. The van der Waals surface area contributed by atoms with E-state index in [1.807, 2.05) is 12.1 Å². The molecule has 2 aromatic rings. The van der Waals surface area contributed by atoms with E-state index in [1.165, 1.54) is 30.2 Å². The Morgan fingerprint density at radius 3 is 2.48 bits per heavy atom. The molecule has 2 N–H and O–H groups in total. The Labute approximate surface area is 197 Å². The number of benzene rings is 1. The summed E-state index contributed by atoms with van der Waals surface area (Å²) in [6.45, 7) is 6.90. The zero-order valence-electron chi connectivity index (χ0n) is 19.2. The lowest BCUT2D eigenvalue weighted by Gasteiger charge is -2.29. The first-order chi connectivity index (χ1) is 15.8. The van der Waals surface area contributed by atoms with Crippen molar-refractivity contribution in [1.29, 1.82) is 0 Å². The number of hydrogen-bond acceptors (Lipinski definition) is 10. The van der Waals surface area contributed by atoms with Crippen LogP contribution in [0.5, 0.6) is 0 Å². The van der Waals surface area contributed by atoms with E-state index in [0.29, 0.717) is 0 Å². The first kappa shape index (κ1) is 24.7. The Hall–Kier alpha value is -2.92. The molecule has 33 heavy (non-hydrogen) atoms. The first-order valence-corrected chi connectivity index (χ1v) is 12.2. The van der Waals surface area contributed by atoms with Crippen molar-refractivity contribution < 1.29 is 14.5 Å². The standard InChI is InChI=1S/C22H30N6O4S/c1-4-32-21(29)15(2)27(20-18(28(30)31)19(23)24-22(25-20)33-3)14-17-9-7-16(8-10-17)13-26-11-5-6-12-26/h7-10,15H,4-6,11-14H2,1-3H3,(H2,23,24,25). The van der Waals surface area contributed by atoms with Gasteiger partial charge in [0.1, 0.15) is 6.04 Å². The maximum absolute atomic E-state index is 12.6. The topological polar surface area (TPSA) is 128 Å². The fourth-order valence-electron chi connectivity index (χ4n) is 3.84. The second-order valence-corrected chi connectivity index (χ2v) is 8.65. The zero-order chi connectivity index (χ0) is 24.0. The molecule has 1 atom stereocenters. The van der Waals surface area contributed by atoms with Crippen LogP contribution in [0, 0.1) is 10.1 Å². The normalized spacial score (nSPS) is 14.8. The van der Waals surface area contributed by atoms with E-state index in [1.54, 1.807) is 25.0 Å². The van der Waals surface area contributed by atoms with Gasteiger partial charge in [-0.15, -0.1) is 0 Å². The van der Waals surface area contributed by atoms with Gasteiger partial charge in [-0.2, -0.15) is 9.97 Å². The molecule has 2 heterocycles. The maximum Gasteiger partial charge on any atom is 0.353 e. The number of anilines is 2. The summed E-state index contributed by atoms with van der Waals surface area (Å²) in [6.07, 6.45) is 4.22. The van der Waals surface area contributed by atoms with E-state index in [9.17, 15) is 14.9 Å². The first-order valence-electron chi connectivity index (χ1n) is 10.9. The summed E-state index contributed by atoms with van der Waals surface area (Å²) in [5.74, 6) is -0.741. The van der Waals surface area contributed by atoms with Crippen molar-refractivity contribution >= 4 is 35.1 Å². The van der Waals surface area contributed by atoms with Gasteiger partial charge in [-0.1, -0.05) is 36.0 Å². The van der Waals surface area contributed by atoms with Crippen molar-refractivity contribution in [2.45, 2.75) is 51.0 Å².